The van der Waals surface area contributed by atoms with E-state index in [1.165, 1.54) is 17.0 Å². The van der Waals surface area contributed by atoms with Gasteiger partial charge in [0.2, 0.25) is 0 Å². The number of piperidine rings is 1. The highest BCUT2D eigenvalue weighted by Crippen LogP contribution is 2.23. The summed E-state index contributed by atoms with van der Waals surface area (Å²) < 4.78 is 0. The third-order valence-electron chi connectivity index (χ3n) is 4.33. The van der Waals surface area contributed by atoms with Gasteiger partial charge in [-0.2, -0.15) is 0 Å². The van der Waals surface area contributed by atoms with Crippen molar-refractivity contribution in [2.24, 2.45) is 5.73 Å². The Morgan fingerprint density at radius 2 is 2.22 bits per heavy atom. The SMILES string of the molecule is CN(C(=O)c1csc(CN)n1)C1CCCN(c2ccccc2)C1. The fraction of sp³-hybridized carbons (Fsp3) is 0.412. The van der Waals surface area contributed by atoms with Crippen LogP contribution in [0, 0.1) is 0 Å². The second kappa shape index (κ2) is 7.10. The fourth-order valence-electron chi connectivity index (χ4n) is 2.99. The van der Waals surface area contributed by atoms with Crippen molar-refractivity contribution in [3.05, 3.63) is 46.4 Å². The van der Waals surface area contributed by atoms with E-state index in [1.54, 1.807) is 5.38 Å². The van der Waals surface area contributed by atoms with E-state index in [2.05, 4.69) is 34.1 Å². The van der Waals surface area contributed by atoms with Crippen molar-refractivity contribution in [3.63, 3.8) is 0 Å². The van der Waals surface area contributed by atoms with Crippen molar-refractivity contribution in [2.75, 3.05) is 25.0 Å². The summed E-state index contributed by atoms with van der Waals surface area (Å²) in [5.41, 5.74) is 7.31. The van der Waals surface area contributed by atoms with Crippen molar-refractivity contribution < 1.29 is 4.79 Å². The van der Waals surface area contributed by atoms with E-state index >= 15 is 0 Å². The highest BCUT2D eigenvalue weighted by molar-refractivity contribution is 7.09. The van der Waals surface area contributed by atoms with Gasteiger partial charge in [-0.15, -0.1) is 11.3 Å². The number of rotatable bonds is 4. The molecule has 0 bridgehead atoms. The highest BCUT2D eigenvalue weighted by atomic mass is 32.1. The number of nitrogens with zero attached hydrogens (tertiary/aromatic N) is 3. The summed E-state index contributed by atoms with van der Waals surface area (Å²) in [4.78, 5) is 21.1. The van der Waals surface area contributed by atoms with E-state index in [1.807, 2.05) is 18.0 Å². The molecule has 3 rings (SSSR count). The molecule has 1 atom stereocenters. The number of amides is 1. The molecule has 1 amide bonds. The minimum atomic E-state index is -0.0131. The summed E-state index contributed by atoms with van der Waals surface area (Å²) in [6.45, 7) is 2.28. The predicted octanol–water partition coefficient (Wildman–Crippen LogP) is 2.34. The van der Waals surface area contributed by atoms with Gasteiger partial charge in [0.15, 0.2) is 0 Å². The lowest BCUT2D eigenvalue weighted by Gasteiger charge is -2.38. The number of likely N-dealkylation sites (N-methyl/N-ethyl adjacent to an activating group) is 1. The minimum absolute atomic E-state index is 0.0131. The molecule has 0 radical (unpaired) electrons. The molecule has 0 aliphatic carbocycles. The smallest absolute Gasteiger partial charge is 0.273 e. The molecule has 1 fully saturated rings. The molecule has 0 saturated carbocycles. The molecule has 2 heterocycles. The summed E-state index contributed by atoms with van der Waals surface area (Å²) in [7, 11) is 1.88. The summed E-state index contributed by atoms with van der Waals surface area (Å²) >= 11 is 1.45. The third-order valence-corrected chi connectivity index (χ3v) is 5.20. The van der Waals surface area contributed by atoms with Crippen LogP contribution in [0.2, 0.25) is 0 Å². The van der Waals surface area contributed by atoms with Crippen LogP contribution in [0.4, 0.5) is 5.69 Å². The zero-order chi connectivity index (χ0) is 16.2. The average Bonchev–Trinajstić information content (AvgIpc) is 3.10. The molecule has 122 valence electrons. The topological polar surface area (TPSA) is 62.5 Å². The summed E-state index contributed by atoms with van der Waals surface area (Å²) in [5, 5.41) is 2.61. The van der Waals surface area contributed by atoms with Crippen LogP contribution in [-0.4, -0.2) is 42.0 Å². The van der Waals surface area contributed by atoms with Gasteiger partial charge in [0.25, 0.3) is 5.91 Å². The summed E-state index contributed by atoms with van der Waals surface area (Å²) in [6.07, 6.45) is 2.11. The Bertz CT molecular complexity index is 658. The van der Waals surface area contributed by atoms with Crippen LogP contribution in [0.15, 0.2) is 35.7 Å². The highest BCUT2D eigenvalue weighted by Gasteiger charge is 2.27. The largest absolute Gasteiger partial charge is 0.369 e. The second-order valence-corrected chi connectivity index (χ2v) is 6.77. The maximum Gasteiger partial charge on any atom is 0.273 e. The van der Waals surface area contributed by atoms with Crippen molar-refractivity contribution in [1.29, 1.82) is 0 Å². The molecule has 1 aliphatic rings. The number of aromatic nitrogens is 1. The van der Waals surface area contributed by atoms with E-state index in [9.17, 15) is 4.79 Å². The number of hydrogen-bond acceptors (Lipinski definition) is 5. The van der Waals surface area contributed by atoms with Gasteiger partial charge in [0.05, 0.1) is 0 Å². The van der Waals surface area contributed by atoms with E-state index < -0.39 is 0 Å². The molecule has 1 unspecified atom stereocenters. The molecular formula is C17H22N4OS. The van der Waals surface area contributed by atoms with Gasteiger partial charge in [0, 0.05) is 43.8 Å². The lowest BCUT2D eigenvalue weighted by atomic mass is 10.0. The number of carbonyl (C=O) groups excluding carboxylic acids is 1. The van der Waals surface area contributed by atoms with Crippen LogP contribution in [0.25, 0.3) is 0 Å². The van der Waals surface area contributed by atoms with Crippen LogP contribution in [0.1, 0.15) is 28.3 Å². The molecule has 5 nitrogen and oxygen atoms in total. The lowest BCUT2D eigenvalue weighted by Crippen LogP contribution is -2.48. The maximum atomic E-state index is 12.6. The number of nitrogens with two attached hydrogens (primary N) is 1. The Kier molecular flexibility index (Phi) is 4.93. The van der Waals surface area contributed by atoms with Gasteiger partial charge < -0.3 is 15.5 Å². The van der Waals surface area contributed by atoms with Crippen molar-refractivity contribution in [2.45, 2.75) is 25.4 Å². The van der Waals surface area contributed by atoms with Crippen molar-refractivity contribution in [3.8, 4) is 0 Å². The number of anilines is 1. The van der Waals surface area contributed by atoms with Crippen LogP contribution >= 0.6 is 11.3 Å². The first kappa shape index (κ1) is 16.0. The molecule has 1 aromatic carbocycles. The first-order valence-electron chi connectivity index (χ1n) is 7.90. The van der Waals surface area contributed by atoms with E-state index in [-0.39, 0.29) is 11.9 Å². The third kappa shape index (κ3) is 3.54. The van der Waals surface area contributed by atoms with Crippen LogP contribution in [0.3, 0.4) is 0 Å². The Labute approximate surface area is 140 Å². The molecule has 2 N–H and O–H groups in total. The second-order valence-electron chi connectivity index (χ2n) is 5.82. The fourth-order valence-corrected chi connectivity index (χ4v) is 3.64. The standard InChI is InChI=1S/C17H22N4OS/c1-20(17(22)15-12-23-16(10-18)19-15)14-8-5-9-21(11-14)13-6-3-2-4-7-13/h2-4,6-7,12,14H,5,8-11,18H2,1H3. The number of thiazole rings is 1. The first-order valence-corrected chi connectivity index (χ1v) is 8.78. The maximum absolute atomic E-state index is 12.6. The minimum Gasteiger partial charge on any atom is -0.369 e. The Hall–Kier alpha value is -1.92. The molecule has 0 spiro atoms. The van der Waals surface area contributed by atoms with E-state index in [0.29, 0.717) is 12.2 Å². The lowest BCUT2D eigenvalue weighted by molar-refractivity contribution is 0.0712. The quantitative estimate of drug-likeness (QED) is 0.935. The van der Waals surface area contributed by atoms with Crippen molar-refractivity contribution >= 4 is 22.9 Å². The zero-order valence-corrected chi connectivity index (χ0v) is 14.1. The van der Waals surface area contributed by atoms with Gasteiger partial charge in [-0.25, -0.2) is 4.98 Å². The number of para-hydroxylation sites is 1. The molecule has 23 heavy (non-hydrogen) atoms. The average molecular weight is 330 g/mol. The van der Waals surface area contributed by atoms with Gasteiger partial charge in [-0.05, 0) is 25.0 Å². The molecular weight excluding hydrogens is 308 g/mol. The van der Waals surface area contributed by atoms with Gasteiger partial charge in [-0.1, -0.05) is 18.2 Å². The summed E-state index contributed by atoms with van der Waals surface area (Å²) in [5.74, 6) is -0.0131. The van der Waals surface area contributed by atoms with Gasteiger partial charge in [-0.3, -0.25) is 4.79 Å². The number of benzene rings is 1. The van der Waals surface area contributed by atoms with Gasteiger partial charge in [0.1, 0.15) is 10.7 Å². The molecule has 6 heteroatoms. The van der Waals surface area contributed by atoms with E-state index in [0.717, 1.165) is 30.9 Å². The Balaban J connectivity index is 1.69. The number of carbonyl (C=O) groups is 1. The Morgan fingerprint density at radius 1 is 1.43 bits per heavy atom. The van der Waals surface area contributed by atoms with Crippen LogP contribution in [-0.2, 0) is 6.54 Å². The van der Waals surface area contributed by atoms with Gasteiger partial charge >= 0.3 is 0 Å². The van der Waals surface area contributed by atoms with Crippen LogP contribution < -0.4 is 10.6 Å². The number of hydrogen-bond donors (Lipinski definition) is 1. The zero-order valence-electron chi connectivity index (χ0n) is 13.3. The predicted molar refractivity (Wildman–Crippen MR) is 93.8 cm³/mol. The molecule has 1 aliphatic heterocycles. The molecule has 2 aromatic rings. The molecule has 1 aromatic heterocycles. The Morgan fingerprint density at radius 3 is 2.91 bits per heavy atom. The molecule has 1 saturated heterocycles. The van der Waals surface area contributed by atoms with E-state index in [4.69, 9.17) is 5.73 Å². The van der Waals surface area contributed by atoms with Crippen molar-refractivity contribution in [1.82, 2.24) is 9.88 Å². The summed E-state index contributed by atoms with van der Waals surface area (Å²) in [6, 6.07) is 10.6. The monoisotopic (exact) mass is 330 g/mol. The first-order chi connectivity index (χ1) is 11.2. The normalized spacial score (nSPS) is 18.0. The van der Waals surface area contributed by atoms with Crippen LogP contribution in [0.5, 0.6) is 0 Å².